The Kier molecular flexibility index (Phi) is 9.51. The van der Waals surface area contributed by atoms with Crippen molar-refractivity contribution in [1.29, 1.82) is 0 Å². The summed E-state index contributed by atoms with van der Waals surface area (Å²) in [6.45, 7) is 10.2. The van der Waals surface area contributed by atoms with Crippen LogP contribution in [0.15, 0.2) is 60.7 Å². The van der Waals surface area contributed by atoms with Gasteiger partial charge in [-0.25, -0.2) is 4.79 Å². The largest absolute Gasteiger partial charge is 0.459 e. The van der Waals surface area contributed by atoms with Gasteiger partial charge in [-0.3, -0.25) is 9.69 Å². The number of aliphatic hydroxyl groups excluding tert-OH is 1. The number of hydrogen-bond acceptors (Lipinski definition) is 6. The molecule has 3 rings (SSSR count). The molecule has 0 spiro atoms. The topological polar surface area (TPSA) is 88.1 Å². The van der Waals surface area contributed by atoms with Gasteiger partial charge < -0.3 is 19.9 Å². The first-order chi connectivity index (χ1) is 17.0. The summed E-state index contributed by atoms with van der Waals surface area (Å²) in [5, 5.41) is 14.3. The van der Waals surface area contributed by atoms with Gasteiger partial charge in [0.2, 0.25) is 0 Å². The average Bonchev–Trinajstić information content (AvgIpc) is 3.15. The highest BCUT2D eigenvalue weighted by atomic mass is 16.6. The summed E-state index contributed by atoms with van der Waals surface area (Å²) in [7, 11) is 0. The van der Waals surface area contributed by atoms with Crippen LogP contribution in [-0.2, 0) is 27.4 Å². The number of carbonyl (C=O) groups is 2. The van der Waals surface area contributed by atoms with E-state index in [4.69, 9.17) is 9.47 Å². The molecule has 0 aliphatic carbocycles. The van der Waals surface area contributed by atoms with Gasteiger partial charge in [0, 0.05) is 6.54 Å². The van der Waals surface area contributed by atoms with E-state index in [1.807, 2.05) is 100 Å². The van der Waals surface area contributed by atoms with Crippen molar-refractivity contribution in [1.82, 2.24) is 10.2 Å². The number of carbonyl (C=O) groups excluding carboxylic acids is 2. The number of hydrogen-bond donors (Lipinski definition) is 2. The molecular weight excluding hydrogens is 456 g/mol. The third kappa shape index (κ3) is 8.07. The second-order valence-corrected chi connectivity index (χ2v) is 10.9. The second kappa shape index (κ2) is 12.4. The summed E-state index contributed by atoms with van der Waals surface area (Å²) < 4.78 is 11.2. The predicted molar refractivity (Wildman–Crippen MR) is 139 cm³/mol. The van der Waals surface area contributed by atoms with Crippen LogP contribution < -0.4 is 5.32 Å². The van der Waals surface area contributed by atoms with Gasteiger partial charge in [-0.15, -0.1) is 0 Å². The molecular formula is C29H40N2O5. The monoisotopic (exact) mass is 496 g/mol. The summed E-state index contributed by atoms with van der Waals surface area (Å²) in [6.07, 6.45) is -0.466. The van der Waals surface area contributed by atoms with Crippen LogP contribution >= 0.6 is 0 Å². The van der Waals surface area contributed by atoms with Crippen molar-refractivity contribution < 1.29 is 24.2 Å². The zero-order valence-electron chi connectivity index (χ0n) is 22.0. The minimum absolute atomic E-state index is 0.141. The average molecular weight is 497 g/mol. The van der Waals surface area contributed by atoms with E-state index in [0.717, 1.165) is 11.1 Å². The standard InChI is InChI=1S/C29H40N2O5/c1-20(2)16-25(32)26-23(30-28(34)35-19-22-14-10-7-11-15-22)17-24(27(33)36-29(3,4)5)31(26)18-21-12-8-6-9-13-21/h6-15,20,23-26,32H,16-19H2,1-5H3,(H,30,34)/t23-,24-,25?,26+/m1/s1. The lowest BCUT2D eigenvalue weighted by Gasteiger charge is -2.35. The fourth-order valence-electron chi connectivity index (χ4n) is 4.74. The van der Waals surface area contributed by atoms with Gasteiger partial charge in [-0.2, -0.15) is 0 Å². The summed E-state index contributed by atoms with van der Waals surface area (Å²) in [6, 6.07) is 17.7. The van der Waals surface area contributed by atoms with Crippen molar-refractivity contribution in [2.45, 2.75) is 90.4 Å². The number of nitrogens with one attached hydrogen (secondary N) is 1. The lowest BCUT2D eigenvalue weighted by Crippen LogP contribution is -2.53. The van der Waals surface area contributed by atoms with Gasteiger partial charge in [-0.05, 0) is 50.7 Å². The number of aliphatic hydroxyl groups is 1. The number of ether oxygens (including phenoxy) is 2. The van der Waals surface area contributed by atoms with Crippen molar-refractivity contribution in [2.24, 2.45) is 5.92 Å². The molecule has 0 bridgehead atoms. The molecule has 1 aliphatic heterocycles. The number of benzene rings is 2. The first kappa shape index (κ1) is 27.7. The molecule has 36 heavy (non-hydrogen) atoms. The van der Waals surface area contributed by atoms with Crippen LogP contribution in [0, 0.1) is 5.92 Å². The molecule has 7 nitrogen and oxygen atoms in total. The van der Waals surface area contributed by atoms with Crippen LogP contribution in [0.4, 0.5) is 4.79 Å². The van der Waals surface area contributed by atoms with Gasteiger partial charge in [0.15, 0.2) is 0 Å². The zero-order chi connectivity index (χ0) is 26.3. The smallest absolute Gasteiger partial charge is 0.407 e. The lowest BCUT2D eigenvalue weighted by atomic mass is 9.95. The highest BCUT2D eigenvalue weighted by molar-refractivity contribution is 5.77. The second-order valence-electron chi connectivity index (χ2n) is 10.9. The molecule has 1 amide bonds. The van der Waals surface area contributed by atoms with Gasteiger partial charge in [0.1, 0.15) is 18.2 Å². The Hall–Kier alpha value is -2.90. The molecule has 7 heteroatoms. The van der Waals surface area contributed by atoms with E-state index in [2.05, 4.69) is 5.32 Å². The zero-order valence-corrected chi connectivity index (χ0v) is 22.0. The van der Waals surface area contributed by atoms with E-state index in [1.54, 1.807) is 0 Å². The maximum absolute atomic E-state index is 13.3. The highest BCUT2D eigenvalue weighted by Crippen LogP contribution is 2.33. The molecule has 4 atom stereocenters. The summed E-state index contributed by atoms with van der Waals surface area (Å²) >= 11 is 0. The number of amides is 1. The maximum atomic E-state index is 13.3. The van der Waals surface area contributed by atoms with Crippen LogP contribution in [0.1, 0.15) is 58.6 Å². The van der Waals surface area contributed by atoms with E-state index in [1.165, 1.54) is 0 Å². The minimum atomic E-state index is -0.749. The van der Waals surface area contributed by atoms with E-state index in [9.17, 15) is 14.7 Å². The van der Waals surface area contributed by atoms with Crippen molar-refractivity contribution >= 4 is 12.1 Å². The Morgan fingerprint density at radius 3 is 2.17 bits per heavy atom. The normalized spacial score (nSPS) is 21.2. The molecule has 1 unspecified atom stereocenters. The van der Waals surface area contributed by atoms with Gasteiger partial charge in [0.05, 0.1) is 18.2 Å². The summed E-state index contributed by atoms with van der Waals surface area (Å²) in [5.41, 5.74) is 1.25. The Morgan fingerprint density at radius 2 is 1.61 bits per heavy atom. The van der Waals surface area contributed by atoms with E-state index in [0.29, 0.717) is 19.4 Å². The van der Waals surface area contributed by atoms with Crippen molar-refractivity contribution in [3.63, 3.8) is 0 Å². The molecule has 2 aromatic rings. The van der Waals surface area contributed by atoms with Crippen molar-refractivity contribution in [3.8, 4) is 0 Å². The van der Waals surface area contributed by atoms with Crippen LogP contribution in [-0.4, -0.2) is 51.9 Å². The molecule has 2 N–H and O–H groups in total. The third-order valence-corrected chi connectivity index (χ3v) is 6.18. The quantitative estimate of drug-likeness (QED) is 0.491. The molecule has 1 heterocycles. The van der Waals surface area contributed by atoms with Crippen LogP contribution in [0.2, 0.25) is 0 Å². The fraction of sp³-hybridized carbons (Fsp3) is 0.517. The van der Waals surface area contributed by atoms with Gasteiger partial charge in [-0.1, -0.05) is 74.5 Å². The Labute approximate surface area is 214 Å². The molecule has 1 saturated heterocycles. The number of rotatable bonds is 9. The Morgan fingerprint density at radius 1 is 1.03 bits per heavy atom. The maximum Gasteiger partial charge on any atom is 0.407 e. The molecule has 2 aromatic carbocycles. The minimum Gasteiger partial charge on any atom is -0.459 e. The molecule has 1 aliphatic rings. The lowest BCUT2D eigenvalue weighted by molar-refractivity contribution is -0.161. The van der Waals surface area contributed by atoms with E-state index >= 15 is 0 Å². The molecule has 1 fully saturated rings. The third-order valence-electron chi connectivity index (χ3n) is 6.18. The van der Waals surface area contributed by atoms with Crippen LogP contribution in [0.3, 0.4) is 0 Å². The molecule has 0 aromatic heterocycles. The van der Waals surface area contributed by atoms with E-state index < -0.39 is 35.9 Å². The summed E-state index contributed by atoms with van der Waals surface area (Å²) in [4.78, 5) is 28.1. The Bertz CT molecular complexity index is 974. The predicted octanol–water partition coefficient (Wildman–Crippen LogP) is 4.67. The molecule has 0 radical (unpaired) electrons. The van der Waals surface area contributed by atoms with Gasteiger partial charge >= 0.3 is 12.1 Å². The first-order valence-electron chi connectivity index (χ1n) is 12.7. The molecule has 0 saturated carbocycles. The van der Waals surface area contributed by atoms with E-state index in [-0.39, 0.29) is 18.5 Å². The number of esters is 1. The highest BCUT2D eigenvalue weighted by Gasteiger charge is 2.49. The summed E-state index contributed by atoms with van der Waals surface area (Å²) in [5.74, 6) is -0.119. The number of likely N-dealkylation sites (tertiary alicyclic amines) is 1. The van der Waals surface area contributed by atoms with Crippen molar-refractivity contribution in [2.75, 3.05) is 0 Å². The van der Waals surface area contributed by atoms with Crippen LogP contribution in [0.25, 0.3) is 0 Å². The SMILES string of the molecule is CC(C)CC(O)[C@@H]1[C@H](NC(=O)OCc2ccccc2)C[C@H](C(=O)OC(C)(C)C)N1Cc1ccccc1. The van der Waals surface area contributed by atoms with Crippen molar-refractivity contribution in [3.05, 3.63) is 71.8 Å². The fourth-order valence-corrected chi connectivity index (χ4v) is 4.74. The Balaban J connectivity index is 1.85. The molecule has 196 valence electrons. The van der Waals surface area contributed by atoms with Gasteiger partial charge in [0.25, 0.3) is 0 Å². The number of alkyl carbamates (subject to hydrolysis) is 1. The van der Waals surface area contributed by atoms with Crippen LogP contribution in [0.5, 0.6) is 0 Å². The first-order valence-corrected chi connectivity index (χ1v) is 12.7. The number of nitrogens with zero attached hydrogens (tertiary/aromatic N) is 1.